The largest absolute Gasteiger partial charge is 0.432 e. The number of aryl methyl sites for hydroxylation is 1. The molecule has 9 heteroatoms. The standard InChI is InChI=1S/C26H34F2N4O3.CH4/c1-17(2)20-7-5-6-8-22(20)32(19-9-11-31(12-10-19)26(4)15-34-16-26)25(33)30-21-14-29-18(3)13-23(21)35-24(27)28;/h5-8,13-14,17,19,24H,9-12,15-16H2,1-4H3,(H,30,33);1H4. The first kappa shape index (κ1) is 27.8. The summed E-state index contributed by atoms with van der Waals surface area (Å²) in [5.41, 5.74) is 2.57. The molecule has 3 heterocycles. The number of pyridine rings is 1. The third-order valence-electron chi connectivity index (χ3n) is 6.92. The maximum absolute atomic E-state index is 13.8. The minimum atomic E-state index is -3.01. The van der Waals surface area contributed by atoms with E-state index in [-0.39, 0.29) is 42.4 Å². The summed E-state index contributed by atoms with van der Waals surface area (Å²) in [7, 11) is 0. The first-order valence-corrected chi connectivity index (χ1v) is 12.1. The van der Waals surface area contributed by atoms with Gasteiger partial charge in [0, 0.05) is 36.6 Å². The predicted molar refractivity (Wildman–Crippen MR) is 138 cm³/mol. The average Bonchev–Trinajstić information content (AvgIpc) is 2.80. The van der Waals surface area contributed by atoms with Crippen molar-refractivity contribution >= 4 is 17.4 Å². The molecule has 0 unspecified atom stereocenters. The molecule has 0 atom stereocenters. The Bertz CT molecular complexity index is 1040. The molecule has 2 aliphatic rings. The number of likely N-dealkylation sites (tertiary alicyclic amines) is 1. The Morgan fingerprint density at radius 2 is 1.92 bits per heavy atom. The van der Waals surface area contributed by atoms with E-state index in [1.165, 1.54) is 12.3 Å². The number of rotatable bonds is 7. The number of anilines is 2. The van der Waals surface area contributed by atoms with Crippen LogP contribution in [0, 0.1) is 6.92 Å². The van der Waals surface area contributed by atoms with Crippen molar-refractivity contribution in [3.8, 4) is 5.75 Å². The Kier molecular flexibility index (Phi) is 8.89. The highest BCUT2D eigenvalue weighted by atomic mass is 19.3. The van der Waals surface area contributed by atoms with Crippen molar-refractivity contribution in [2.45, 2.75) is 72.1 Å². The monoisotopic (exact) mass is 504 g/mol. The molecule has 1 aromatic carbocycles. The molecule has 0 bridgehead atoms. The van der Waals surface area contributed by atoms with Gasteiger partial charge in [-0.3, -0.25) is 14.8 Å². The topological polar surface area (TPSA) is 66.9 Å². The molecule has 0 aliphatic carbocycles. The summed E-state index contributed by atoms with van der Waals surface area (Å²) in [6.45, 7) is 8.22. The van der Waals surface area contributed by atoms with Crippen LogP contribution >= 0.6 is 0 Å². The maximum Gasteiger partial charge on any atom is 0.387 e. The van der Waals surface area contributed by atoms with Crippen molar-refractivity contribution in [2.24, 2.45) is 0 Å². The number of para-hydroxylation sites is 1. The lowest BCUT2D eigenvalue weighted by Crippen LogP contribution is -2.63. The van der Waals surface area contributed by atoms with Crippen LogP contribution in [0.5, 0.6) is 5.75 Å². The normalized spacial score (nSPS) is 17.9. The van der Waals surface area contributed by atoms with E-state index in [1.807, 2.05) is 24.3 Å². The molecule has 2 aromatic rings. The van der Waals surface area contributed by atoms with E-state index in [1.54, 1.807) is 11.8 Å². The second-order valence-corrected chi connectivity index (χ2v) is 9.92. The molecule has 2 fully saturated rings. The summed E-state index contributed by atoms with van der Waals surface area (Å²) >= 11 is 0. The van der Waals surface area contributed by atoms with Crippen molar-refractivity contribution in [3.63, 3.8) is 0 Å². The van der Waals surface area contributed by atoms with Crippen LogP contribution in [-0.2, 0) is 4.74 Å². The molecule has 0 radical (unpaired) electrons. The highest BCUT2D eigenvalue weighted by Gasteiger charge is 2.42. The third-order valence-corrected chi connectivity index (χ3v) is 6.92. The first-order valence-electron chi connectivity index (χ1n) is 12.1. The molecule has 2 saturated heterocycles. The van der Waals surface area contributed by atoms with Gasteiger partial charge in [0.15, 0.2) is 5.75 Å². The van der Waals surface area contributed by atoms with Crippen molar-refractivity contribution in [1.82, 2.24) is 9.88 Å². The number of ether oxygens (including phenoxy) is 2. The van der Waals surface area contributed by atoms with Crippen LogP contribution in [-0.4, -0.2) is 60.4 Å². The molecule has 2 aliphatic heterocycles. The fourth-order valence-corrected chi connectivity index (χ4v) is 4.91. The van der Waals surface area contributed by atoms with Crippen LogP contribution in [0.3, 0.4) is 0 Å². The highest BCUT2D eigenvalue weighted by molar-refractivity contribution is 6.03. The van der Waals surface area contributed by atoms with E-state index >= 15 is 0 Å². The average molecular weight is 505 g/mol. The van der Waals surface area contributed by atoms with E-state index in [0.717, 1.165) is 50.4 Å². The Labute approximate surface area is 212 Å². The Hall–Kier alpha value is -2.78. The molecule has 1 aromatic heterocycles. The number of nitrogens with one attached hydrogen (secondary N) is 1. The molecule has 0 spiro atoms. The number of amides is 2. The van der Waals surface area contributed by atoms with Gasteiger partial charge in [-0.15, -0.1) is 0 Å². The number of carbonyl (C=O) groups is 1. The fraction of sp³-hybridized carbons (Fsp3) is 0.556. The van der Waals surface area contributed by atoms with Crippen LogP contribution in [0.15, 0.2) is 36.5 Å². The van der Waals surface area contributed by atoms with Gasteiger partial charge in [0.2, 0.25) is 0 Å². The number of benzene rings is 1. The maximum atomic E-state index is 13.8. The second-order valence-electron chi connectivity index (χ2n) is 9.92. The zero-order chi connectivity index (χ0) is 25.2. The van der Waals surface area contributed by atoms with Gasteiger partial charge in [-0.25, -0.2) is 4.79 Å². The Balaban J connectivity index is 0.00000361. The zero-order valence-electron chi connectivity index (χ0n) is 20.8. The highest BCUT2D eigenvalue weighted by Crippen LogP contribution is 2.35. The zero-order valence-corrected chi connectivity index (χ0v) is 20.8. The predicted octanol–water partition coefficient (Wildman–Crippen LogP) is 6.04. The summed E-state index contributed by atoms with van der Waals surface area (Å²) < 4.78 is 36.1. The van der Waals surface area contributed by atoms with Crippen molar-refractivity contribution < 1.29 is 23.0 Å². The summed E-state index contributed by atoms with van der Waals surface area (Å²) in [6.07, 6.45) is 2.95. The minimum absolute atomic E-state index is 0. The summed E-state index contributed by atoms with van der Waals surface area (Å²) in [6, 6.07) is 8.82. The van der Waals surface area contributed by atoms with Crippen LogP contribution in [0.1, 0.15) is 58.2 Å². The van der Waals surface area contributed by atoms with Gasteiger partial charge in [-0.2, -0.15) is 8.78 Å². The number of alkyl halides is 2. The second kappa shape index (κ2) is 11.5. The van der Waals surface area contributed by atoms with Crippen LogP contribution < -0.4 is 15.0 Å². The molecule has 198 valence electrons. The SMILES string of the molecule is C.Cc1cc(OC(F)F)c(NC(=O)N(c2ccccc2C(C)C)C2CCN(C3(C)COC3)CC2)cn1. The number of urea groups is 1. The van der Waals surface area contributed by atoms with E-state index in [0.29, 0.717) is 5.69 Å². The molecule has 7 nitrogen and oxygen atoms in total. The van der Waals surface area contributed by atoms with Crippen molar-refractivity contribution in [1.29, 1.82) is 0 Å². The quantitative estimate of drug-likeness (QED) is 0.498. The van der Waals surface area contributed by atoms with Gasteiger partial charge in [0.25, 0.3) is 0 Å². The van der Waals surface area contributed by atoms with Gasteiger partial charge >= 0.3 is 12.6 Å². The lowest BCUT2D eigenvalue weighted by Gasteiger charge is -2.50. The summed E-state index contributed by atoms with van der Waals surface area (Å²) in [5, 5.41) is 2.80. The van der Waals surface area contributed by atoms with E-state index in [9.17, 15) is 13.6 Å². The molecular formula is C27H38F2N4O3. The van der Waals surface area contributed by atoms with Crippen LogP contribution in [0.2, 0.25) is 0 Å². The van der Waals surface area contributed by atoms with E-state index in [4.69, 9.17) is 4.74 Å². The lowest BCUT2D eigenvalue weighted by molar-refractivity contribution is -0.135. The number of hydrogen-bond acceptors (Lipinski definition) is 5. The fourth-order valence-electron chi connectivity index (χ4n) is 4.91. The summed E-state index contributed by atoms with van der Waals surface area (Å²) in [4.78, 5) is 22.2. The van der Waals surface area contributed by atoms with Gasteiger partial charge in [0.1, 0.15) is 5.69 Å². The summed E-state index contributed by atoms with van der Waals surface area (Å²) in [5.74, 6) is 0.0945. The molecule has 2 amide bonds. The van der Waals surface area contributed by atoms with Crippen molar-refractivity contribution in [3.05, 3.63) is 47.8 Å². The number of hydrogen-bond donors (Lipinski definition) is 1. The van der Waals surface area contributed by atoms with E-state index in [2.05, 4.69) is 40.7 Å². The number of halogens is 2. The molecule has 4 rings (SSSR count). The number of nitrogens with zero attached hydrogens (tertiary/aromatic N) is 3. The van der Waals surface area contributed by atoms with Crippen LogP contribution in [0.4, 0.5) is 25.0 Å². The van der Waals surface area contributed by atoms with Crippen LogP contribution in [0.25, 0.3) is 0 Å². The Morgan fingerprint density at radius 1 is 1.25 bits per heavy atom. The van der Waals surface area contributed by atoms with E-state index < -0.39 is 6.61 Å². The molecule has 36 heavy (non-hydrogen) atoms. The molecule has 1 N–H and O–H groups in total. The molecular weight excluding hydrogens is 466 g/mol. The minimum Gasteiger partial charge on any atom is -0.432 e. The van der Waals surface area contributed by atoms with Gasteiger partial charge in [-0.05, 0) is 44.2 Å². The Morgan fingerprint density at radius 3 is 2.50 bits per heavy atom. The van der Waals surface area contributed by atoms with Gasteiger partial charge < -0.3 is 14.8 Å². The van der Waals surface area contributed by atoms with Crippen molar-refractivity contribution in [2.75, 3.05) is 36.5 Å². The smallest absolute Gasteiger partial charge is 0.387 e. The number of piperidine rings is 1. The van der Waals surface area contributed by atoms with Gasteiger partial charge in [-0.1, -0.05) is 39.5 Å². The lowest BCUT2D eigenvalue weighted by atomic mass is 9.92. The third kappa shape index (κ3) is 5.95. The number of aromatic nitrogens is 1. The molecule has 0 saturated carbocycles. The number of carbonyl (C=O) groups excluding carboxylic acids is 1. The first-order chi connectivity index (χ1) is 16.7. The van der Waals surface area contributed by atoms with Gasteiger partial charge in [0.05, 0.1) is 24.9 Å².